The summed E-state index contributed by atoms with van der Waals surface area (Å²) in [7, 11) is 0. The minimum Gasteiger partial charge on any atom is -0.354 e. The number of nitrogens with one attached hydrogen (secondary N) is 2. The van der Waals surface area contributed by atoms with Gasteiger partial charge in [0.2, 0.25) is 5.91 Å². The van der Waals surface area contributed by atoms with Gasteiger partial charge in [-0.05, 0) is 38.3 Å². The van der Waals surface area contributed by atoms with E-state index in [9.17, 15) is 4.79 Å². The molecule has 2 heterocycles. The molecular formula is C18H23N3OS. The number of aromatic nitrogens is 1. The Kier molecular flexibility index (Phi) is 5.41. The zero-order valence-corrected chi connectivity index (χ0v) is 14.3. The summed E-state index contributed by atoms with van der Waals surface area (Å²) in [5.74, 6) is 0.138. The highest BCUT2D eigenvalue weighted by Crippen LogP contribution is 2.21. The Labute approximate surface area is 141 Å². The molecule has 1 unspecified atom stereocenters. The lowest BCUT2D eigenvalue weighted by molar-refractivity contribution is -0.123. The molecule has 1 aliphatic heterocycles. The number of hydrogen-bond acceptors (Lipinski definition) is 4. The van der Waals surface area contributed by atoms with E-state index in [-0.39, 0.29) is 11.9 Å². The van der Waals surface area contributed by atoms with E-state index in [1.54, 1.807) is 11.3 Å². The van der Waals surface area contributed by atoms with Crippen molar-refractivity contribution in [1.29, 1.82) is 0 Å². The Bertz CT molecular complexity index is 645. The number of aryl methyl sites for hydroxylation is 1. The molecule has 1 aromatic heterocycles. The number of thiazole rings is 1. The second kappa shape index (κ2) is 7.70. The van der Waals surface area contributed by atoms with Crippen LogP contribution in [0.3, 0.4) is 0 Å². The lowest BCUT2D eigenvalue weighted by Crippen LogP contribution is -2.47. The third-order valence-electron chi connectivity index (χ3n) is 4.21. The maximum atomic E-state index is 12.0. The first kappa shape index (κ1) is 16.1. The molecule has 1 atom stereocenters. The van der Waals surface area contributed by atoms with Crippen molar-refractivity contribution in [2.75, 3.05) is 13.1 Å². The molecule has 1 fully saturated rings. The molecule has 0 aliphatic carbocycles. The van der Waals surface area contributed by atoms with Crippen LogP contribution in [0.25, 0.3) is 11.3 Å². The summed E-state index contributed by atoms with van der Waals surface area (Å²) in [6, 6.07) is 8.45. The van der Waals surface area contributed by atoms with Crippen LogP contribution in [0.15, 0.2) is 29.6 Å². The summed E-state index contributed by atoms with van der Waals surface area (Å²) in [6.07, 6.45) is 4.12. The summed E-state index contributed by atoms with van der Waals surface area (Å²) >= 11 is 1.67. The van der Waals surface area contributed by atoms with E-state index in [4.69, 9.17) is 0 Å². The fourth-order valence-corrected chi connectivity index (χ4v) is 3.49. The standard InChI is InChI=1S/C18H23N3OS/c1-13-21-17(12-23-13)15-7-5-14(6-8-15)9-11-20-18(22)16-4-2-3-10-19-16/h5-8,12,16,19H,2-4,9-11H2,1H3,(H,20,22). The lowest BCUT2D eigenvalue weighted by Gasteiger charge is -2.22. The van der Waals surface area contributed by atoms with Gasteiger partial charge in [0, 0.05) is 17.5 Å². The summed E-state index contributed by atoms with van der Waals surface area (Å²) in [5, 5.41) is 9.49. The molecule has 0 bridgehead atoms. The van der Waals surface area contributed by atoms with Gasteiger partial charge in [0.25, 0.3) is 0 Å². The fraction of sp³-hybridized carbons (Fsp3) is 0.444. The predicted octanol–water partition coefficient (Wildman–Crippen LogP) is 2.92. The van der Waals surface area contributed by atoms with Crippen molar-refractivity contribution < 1.29 is 4.79 Å². The van der Waals surface area contributed by atoms with Crippen molar-refractivity contribution in [2.24, 2.45) is 0 Å². The van der Waals surface area contributed by atoms with Gasteiger partial charge in [-0.1, -0.05) is 30.7 Å². The number of benzene rings is 1. The summed E-state index contributed by atoms with van der Waals surface area (Å²) in [4.78, 5) is 16.6. The van der Waals surface area contributed by atoms with Gasteiger partial charge in [-0.25, -0.2) is 4.98 Å². The average Bonchev–Trinajstić information content (AvgIpc) is 3.03. The number of piperidine rings is 1. The number of rotatable bonds is 5. The molecule has 0 spiro atoms. The van der Waals surface area contributed by atoms with Crippen LogP contribution < -0.4 is 10.6 Å². The molecule has 1 saturated heterocycles. The molecular weight excluding hydrogens is 306 g/mol. The fourth-order valence-electron chi connectivity index (χ4n) is 2.87. The molecule has 0 saturated carbocycles. The number of amides is 1. The SMILES string of the molecule is Cc1nc(-c2ccc(CCNC(=O)C3CCCCN3)cc2)cs1. The normalized spacial score (nSPS) is 17.9. The second-order valence-corrected chi connectivity index (χ2v) is 7.05. The zero-order chi connectivity index (χ0) is 16.1. The second-order valence-electron chi connectivity index (χ2n) is 5.99. The van der Waals surface area contributed by atoms with Crippen LogP contribution in [-0.4, -0.2) is 30.0 Å². The van der Waals surface area contributed by atoms with Gasteiger partial charge in [-0.15, -0.1) is 11.3 Å². The van der Waals surface area contributed by atoms with Gasteiger partial charge in [0.1, 0.15) is 0 Å². The van der Waals surface area contributed by atoms with Gasteiger partial charge in [0.15, 0.2) is 0 Å². The Morgan fingerprint density at radius 2 is 2.17 bits per heavy atom. The first-order valence-electron chi connectivity index (χ1n) is 8.25. The smallest absolute Gasteiger partial charge is 0.237 e. The van der Waals surface area contributed by atoms with Crippen LogP contribution in [0.5, 0.6) is 0 Å². The molecule has 1 aromatic carbocycles. The van der Waals surface area contributed by atoms with Crippen molar-refractivity contribution in [2.45, 2.75) is 38.6 Å². The first-order valence-corrected chi connectivity index (χ1v) is 9.13. The molecule has 1 aliphatic rings. The van der Waals surface area contributed by atoms with E-state index in [1.807, 2.05) is 6.92 Å². The molecule has 4 nitrogen and oxygen atoms in total. The van der Waals surface area contributed by atoms with E-state index in [2.05, 4.69) is 45.3 Å². The summed E-state index contributed by atoms with van der Waals surface area (Å²) in [5.41, 5.74) is 3.42. The van der Waals surface area contributed by atoms with Gasteiger partial charge in [-0.2, -0.15) is 0 Å². The quantitative estimate of drug-likeness (QED) is 0.887. The molecule has 23 heavy (non-hydrogen) atoms. The number of carbonyl (C=O) groups is 1. The third kappa shape index (κ3) is 4.39. The van der Waals surface area contributed by atoms with Crippen molar-refractivity contribution >= 4 is 17.2 Å². The van der Waals surface area contributed by atoms with Crippen molar-refractivity contribution in [3.8, 4) is 11.3 Å². The van der Waals surface area contributed by atoms with Crippen LogP contribution in [0.1, 0.15) is 29.8 Å². The number of hydrogen-bond donors (Lipinski definition) is 2. The zero-order valence-electron chi connectivity index (χ0n) is 13.5. The molecule has 2 aromatic rings. The third-order valence-corrected chi connectivity index (χ3v) is 4.98. The van der Waals surface area contributed by atoms with Gasteiger partial charge in [0.05, 0.1) is 16.7 Å². The van der Waals surface area contributed by atoms with E-state index in [0.29, 0.717) is 6.54 Å². The number of nitrogens with zero attached hydrogens (tertiary/aromatic N) is 1. The maximum absolute atomic E-state index is 12.0. The Hall–Kier alpha value is -1.72. The summed E-state index contributed by atoms with van der Waals surface area (Å²) in [6.45, 7) is 3.66. The van der Waals surface area contributed by atoms with E-state index < -0.39 is 0 Å². The van der Waals surface area contributed by atoms with Gasteiger partial charge < -0.3 is 10.6 Å². The molecule has 2 N–H and O–H groups in total. The monoisotopic (exact) mass is 329 g/mol. The molecule has 122 valence electrons. The van der Waals surface area contributed by atoms with Gasteiger partial charge >= 0.3 is 0 Å². The minimum absolute atomic E-state index is 0.000897. The van der Waals surface area contributed by atoms with E-state index in [0.717, 1.165) is 42.1 Å². The molecule has 0 radical (unpaired) electrons. The Morgan fingerprint density at radius 1 is 1.35 bits per heavy atom. The molecule has 1 amide bonds. The summed E-state index contributed by atoms with van der Waals surface area (Å²) < 4.78 is 0. The van der Waals surface area contributed by atoms with Crippen LogP contribution >= 0.6 is 11.3 Å². The molecule has 3 rings (SSSR count). The topological polar surface area (TPSA) is 54.0 Å². The highest BCUT2D eigenvalue weighted by atomic mass is 32.1. The highest BCUT2D eigenvalue weighted by molar-refractivity contribution is 7.09. The van der Waals surface area contributed by atoms with Crippen LogP contribution in [0.4, 0.5) is 0 Å². The number of carbonyl (C=O) groups excluding carboxylic acids is 1. The Balaban J connectivity index is 1.48. The maximum Gasteiger partial charge on any atom is 0.237 e. The lowest BCUT2D eigenvalue weighted by atomic mass is 10.0. The Morgan fingerprint density at radius 3 is 2.83 bits per heavy atom. The van der Waals surface area contributed by atoms with Crippen LogP contribution in [0, 0.1) is 6.92 Å². The van der Waals surface area contributed by atoms with Crippen molar-refractivity contribution in [1.82, 2.24) is 15.6 Å². The largest absolute Gasteiger partial charge is 0.354 e. The average molecular weight is 329 g/mol. The van der Waals surface area contributed by atoms with Crippen LogP contribution in [-0.2, 0) is 11.2 Å². The van der Waals surface area contributed by atoms with Crippen molar-refractivity contribution in [3.05, 3.63) is 40.2 Å². The first-order chi connectivity index (χ1) is 11.2. The van der Waals surface area contributed by atoms with E-state index in [1.165, 1.54) is 12.0 Å². The van der Waals surface area contributed by atoms with Gasteiger partial charge in [-0.3, -0.25) is 4.79 Å². The predicted molar refractivity (Wildman–Crippen MR) is 94.6 cm³/mol. The molecule has 5 heteroatoms. The highest BCUT2D eigenvalue weighted by Gasteiger charge is 2.19. The van der Waals surface area contributed by atoms with Crippen LogP contribution in [0.2, 0.25) is 0 Å². The van der Waals surface area contributed by atoms with Crippen molar-refractivity contribution in [3.63, 3.8) is 0 Å². The van der Waals surface area contributed by atoms with E-state index >= 15 is 0 Å². The minimum atomic E-state index is -0.000897.